The summed E-state index contributed by atoms with van der Waals surface area (Å²) in [4.78, 5) is 21.3. The molecule has 1 aromatic carbocycles. The van der Waals surface area contributed by atoms with E-state index in [2.05, 4.69) is 5.32 Å². The van der Waals surface area contributed by atoms with Gasteiger partial charge in [-0.2, -0.15) is 13.2 Å². The Balaban J connectivity index is 2.59. The zero-order valence-corrected chi connectivity index (χ0v) is 10.9. The van der Waals surface area contributed by atoms with Crippen molar-refractivity contribution in [2.24, 2.45) is 0 Å². The minimum Gasteiger partial charge on any atom is -0.481 e. The number of hydrogen-bond donors (Lipinski definition) is 3. The Morgan fingerprint density at radius 3 is 2.14 bits per heavy atom. The maximum absolute atomic E-state index is 12.4. The van der Waals surface area contributed by atoms with Crippen molar-refractivity contribution in [3.63, 3.8) is 0 Å². The lowest BCUT2D eigenvalue weighted by molar-refractivity contribution is -0.141. The molecular formula is C13H14F3NO4. The van der Waals surface area contributed by atoms with Gasteiger partial charge in [-0.05, 0) is 24.1 Å². The van der Waals surface area contributed by atoms with Crippen molar-refractivity contribution in [2.75, 3.05) is 0 Å². The average Bonchev–Trinajstić information content (AvgIpc) is 2.37. The highest BCUT2D eigenvalue weighted by molar-refractivity contribution is 5.75. The van der Waals surface area contributed by atoms with Crippen molar-refractivity contribution in [2.45, 2.75) is 31.6 Å². The maximum Gasteiger partial charge on any atom is 0.416 e. The number of aliphatic carboxylic acids is 2. The van der Waals surface area contributed by atoms with Crippen molar-refractivity contribution in [1.82, 2.24) is 5.32 Å². The van der Waals surface area contributed by atoms with Crippen molar-refractivity contribution in [3.05, 3.63) is 35.4 Å². The smallest absolute Gasteiger partial charge is 0.416 e. The highest BCUT2D eigenvalue weighted by Crippen LogP contribution is 2.29. The van der Waals surface area contributed by atoms with Crippen LogP contribution >= 0.6 is 0 Å². The molecule has 1 aromatic rings. The number of halogens is 3. The lowest BCUT2D eigenvalue weighted by Gasteiger charge is -2.14. The van der Waals surface area contributed by atoms with E-state index >= 15 is 0 Å². The molecule has 3 N–H and O–H groups in total. The molecule has 8 heteroatoms. The molecule has 0 aliphatic carbocycles. The molecule has 0 saturated carbocycles. The molecule has 0 bridgehead atoms. The van der Waals surface area contributed by atoms with Gasteiger partial charge in [0.05, 0.1) is 5.56 Å². The van der Waals surface area contributed by atoms with Gasteiger partial charge in [-0.3, -0.25) is 9.59 Å². The third-order valence-electron chi connectivity index (χ3n) is 2.78. The summed E-state index contributed by atoms with van der Waals surface area (Å²) in [6.07, 6.45) is -4.83. The molecule has 0 aliphatic rings. The maximum atomic E-state index is 12.4. The number of rotatable bonds is 7. The summed E-state index contributed by atoms with van der Waals surface area (Å²) >= 11 is 0. The fourth-order valence-electron chi connectivity index (χ4n) is 1.63. The van der Waals surface area contributed by atoms with E-state index in [0.717, 1.165) is 12.1 Å². The molecule has 21 heavy (non-hydrogen) atoms. The molecule has 0 radical (unpaired) electrons. The van der Waals surface area contributed by atoms with Crippen LogP contribution < -0.4 is 5.32 Å². The van der Waals surface area contributed by atoms with Crippen LogP contribution in [0.5, 0.6) is 0 Å². The van der Waals surface area contributed by atoms with Gasteiger partial charge in [-0.15, -0.1) is 0 Å². The number of nitrogens with one attached hydrogen (secondary N) is 1. The van der Waals surface area contributed by atoms with E-state index in [1.807, 2.05) is 0 Å². The summed E-state index contributed by atoms with van der Waals surface area (Å²) < 4.78 is 37.1. The molecule has 1 rings (SSSR count). The number of carbonyl (C=O) groups is 2. The number of alkyl halides is 3. The second kappa shape index (κ2) is 7.07. The second-order valence-electron chi connectivity index (χ2n) is 4.40. The molecule has 1 atom stereocenters. The Hall–Kier alpha value is -2.09. The Morgan fingerprint density at radius 1 is 1.14 bits per heavy atom. The van der Waals surface area contributed by atoms with E-state index in [9.17, 15) is 22.8 Å². The van der Waals surface area contributed by atoms with E-state index in [-0.39, 0.29) is 19.4 Å². The van der Waals surface area contributed by atoms with Gasteiger partial charge in [0.15, 0.2) is 0 Å². The molecule has 5 nitrogen and oxygen atoms in total. The molecule has 0 heterocycles. The third kappa shape index (κ3) is 5.82. The minimum absolute atomic E-state index is 0.0364. The summed E-state index contributed by atoms with van der Waals surface area (Å²) in [6, 6.07) is 3.23. The lowest BCUT2D eigenvalue weighted by atomic mass is 10.1. The molecule has 0 aliphatic heterocycles. The quantitative estimate of drug-likeness (QED) is 0.718. The largest absolute Gasteiger partial charge is 0.481 e. The Bertz CT molecular complexity index is 499. The molecule has 0 fully saturated rings. The molecule has 0 saturated heterocycles. The van der Waals surface area contributed by atoms with Crippen LogP contribution in [0.15, 0.2) is 24.3 Å². The van der Waals surface area contributed by atoms with Crippen LogP contribution in [-0.2, 0) is 22.3 Å². The summed E-state index contributed by atoms with van der Waals surface area (Å²) in [5.74, 6) is -2.32. The lowest BCUT2D eigenvalue weighted by Crippen LogP contribution is -2.36. The van der Waals surface area contributed by atoms with Gasteiger partial charge < -0.3 is 15.5 Å². The van der Waals surface area contributed by atoms with Gasteiger partial charge in [-0.25, -0.2) is 0 Å². The third-order valence-corrected chi connectivity index (χ3v) is 2.78. The zero-order valence-electron chi connectivity index (χ0n) is 10.9. The van der Waals surface area contributed by atoms with Crippen LogP contribution in [0.1, 0.15) is 24.0 Å². The van der Waals surface area contributed by atoms with Crippen molar-refractivity contribution in [1.29, 1.82) is 0 Å². The Labute approximate surface area is 118 Å². The van der Waals surface area contributed by atoms with E-state index < -0.39 is 29.7 Å². The highest BCUT2D eigenvalue weighted by Gasteiger charge is 2.29. The summed E-state index contributed by atoms with van der Waals surface area (Å²) in [6.45, 7) is 0.0364. The number of benzene rings is 1. The second-order valence-corrected chi connectivity index (χ2v) is 4.40. The van der Waals surface area contributed by atoms with E-state index in [1.54, 1.807) is 0 Å². The number of hydrogen-bond acceptors (Lipinski definition) is 3. The van der Waals surface area contributed by atoms with Crippen LogP contribution in [0.2, 0.25) is 0 Å². The number of carboxylic acid groups (broad SMARTS) is 2. The van der Waals surface area contributed by atoms with Crippen molar-refractivity contribution >= 4 is 11.9 Å². The van der Waals surface area contributed by atoms with E-state index in [1.165, 1.54) is 12.1 Å². The van der Waals surface area contributed by atoms with Gasteiger partial charge in [0.25, 0.3) is 0 Å². The first-order chi connectivity index (χ1) is 9.70. The predicted molar refractivity (Wildman–Crippen MR) is 66.6 cm³/mol. The SMILES string of the molecule is O=C(O)CC[C@H](NCc1ccc(C(F)(F)F)cc1)C(=O)O. The molecule has 0 aromatic heterocycles. The first-order valence-corrected chi connectivity index (χ1v) is 6.04. The summed E-state index contributed by atoms with van der Waals surface area (Å²) in [5, 5.41) is 20.0. The summed E-state index contributed by atoms with van der Waals surface area (Å²) in [7, 11) is 0. The Morgan fingerprint density at radius 2 is 1.71 bits per heavy atom. The van der Waals surface area contributed by atoms with Gasteiger partial charge in [0.2, 0.25) is 0 Å². The first kappa shape index (κ1) is 17.0. The average molecular weight is 305 g/mol. The van der Waals surface area contributed by atoms with Gasteiger partial charge in [0, 0.05) is 13.0 Å². The van der Waals surface area contributed by atoms with Crippen LogP contribution in [-0.4, -0.2) is 28.2 Å². The molecule has 0 spiro atoms. The topological polar surface area (TPSA) is 86.6 Å². The number of carboxylic acids is 2. The van der Waals surface area contributed by atoms with Crippen LogP contribution in [0.3, 0.4) is 0 Å². The fraction of sp³-hybridized carbons (Fsp3) is 0.385. The van der Waals surface area contributed by atoms with Crippen molar-refractivity contribution < 1.29 is 33.0 Å². The van der Waals surface area contributed by atoms with Gasteiger partial charge >= 0.3 is 18.1 Å². The minimum atomic E-state index is -4.42. The monoisotopic (exact) mass is 305 g/mol. The predicted octanol–water partition coefficient (Wildman–Crippen LogP) is 2.11. The summed E-state index contributed by atoms with van der Waals surface area (Å²) in [5.41, 5.74) is -0.309. The Kier molecular flexibility index (Phi) is 5.71. The molecule has 116 valence electrons. The van der Waals surface area contributed by atoms with Crippen molar-refractivity contribution in [3.8, 4) is 0 Å². The highest BCUT2D eigenvalue weighted by atomic mass is 19.4. The fourth-order valence-corrected chi connectivity index (χ4v) is 1.63. The normalized spacial score (nSPS) is 12.9. The van der Waals surface area contributed by atoms with Gasteiger partial charge in [0.1, 0.15) is 6.04 Å². The zero-order chi connectivity index (χ0) is 16.0. The first-order valence-electron chi connectivity index (χ1n) is 6.04. The molecule has 0 amide bonds. The molecular weight excluding hydrogens is 291 g/mol. The molecule has 0 unspecified atom stereocenters. The standard InChI is InChI=1S/C13H14F3NO4/c14-13(15,16)9-3-1-8(2-4-9)7-17-10(12(20)21)5-6-11(18)19/h1-4,10,17H,5-7H2,(H,18,19)(H,20,21)/t10-/m0/s1. The van der Waals surface area contributed by atoms with Crippen LogP contribution in [0.25, 0.3) is 0 Å². The van der Waals surface area contributed by atoms with Gasteiger partial charge in [-0.1, -0.05) is 12.1 Å². The van der Waals surface area contributed by atoms with Crippen LogP contribution in [0, 0.1) is 0 Å². The van der Waals surface area contributed by atoms with E-state index in [4.69, 9.17) is 10.2 Å². The van der Waals surface area contributed by atoms with Crippen LogP contribution in [0.4, 0.5) is 13.2 Å². The van der Waals surface area contributed by atoms with E-state index in [0.29, 0.717) is 5.56 Å².